The summed E-state index contributed by atoms with van der Waals surface area (Å²) in [5.41, 5.74) is 8.77. The Labute approximate surface area is 284 Å². The third-order valence-electron chi connectivity index (χ3n) is 10.1. The molecular weight excluding hydrogens is 595 g/mol. The molecule has 2 nitrogen and oxygen atoms in total. The van der Waals surface area contributed by atoms with Crippen LogP contribution in [0.1, 0.15) is 5.56 Å². The first-order valence-corrected chi connectivity index (χ1v) is 16.9. The highest BCUT2D eigenvalue weighted by Crippen LogP contribution is 2.46. The zero-order valence-corrected chi connectivity index (χ0v) is 27.0. The number of furan rings is 1. The van der Waals surface area contributed by atoms with E-state index in [2.05, 4.69) is 182 Å². The Kier molecular flexibility index (Phi) is 6.13. The summed E-state index contributed by atoms with van der Waals surface area (Å²) in [4.78, 5) is 2.43. The SMILES string of the molecule is Cc1cccc2oc3c4ccccc4c(N(c4ccc(-c5ccccc5)cc4)c4ccc5c6ccccc6c6ccccc6c5c4)cc3c12. The first kappa shape index (κ1) is 27.7. The van der Waals surface area contributed by atoms with E-state index in [1.165, 1.54) is 54.4 Å². The van der Waals surface area contributed by atoms with Gasteiger partial charge in [-0.1, -0.05) is 133 Å². The van der Waals surface area contributed by atoms with E-state index in [9.17, 15) is 0 Å². The second-order valence-corrected chi connectivity index (χ2v) is 12.9. The van der Waals surface area contributed by atoms with E-state index >= 15 is 0 Å². The lowest BCUT2D eigenvalue weighted by Crippen LogP contribution is -2.10. The van der Waals surface area contributed by atoms with Gasteiger partial charge < -0.3 is 9.32 Å². The largest absolute Gasteiger partial charge is 0.455 e. The van der Waals surface area contributed by atoms with E-state index in [1.54, 1.807) is 0 Å². The number of benzene rings is 9. The standard InChI is InChI=1S/C47H31NO/c1-30-12-11-21-45-46(30)43-29-44(40-19-9-10-20-41(40)47(43)49-45)48(33-24-22-32(23-25-33)31-13-3-2-4-14-31)34-26-27-39-37-17-6-5-15-35(37)36-16-7-8-18-38(36)42(39)28-34/h2-29H,1H3. The van der Waals surface area contributed by atoms with Crippen LogP contribution in [-0.2, 0) is 0 Å². The van der Waals surface area contributed by atoms with Crippen LogP contribution < -0.4 is 4.90 Å². The van der Waals surface area contributed by atoms with Crippen molar-refractivity contribution in [2.24, 2.45) is 0 Å². The van der Waals surface area contributed by atoms with Gasteiger partial charge in [0.05, 0.1) is 5.69 Å². The molecule has 49 heavy (non-hydrogen) atoms. The van der Waals surface area contributed by atoms with Crippen molar-refractivity contribution in [2.45, 2.75) is 6.92 Å². The van der Waals surface area contributed by atoms with Crippen LogP contribution in [0.5, 0.6) is 0 Å². The van der Waals surface area contributed by atoms with Gasteiger partial charge in [0.15, 0.2) is 0 Å². The van der Waals surface area contributed by atoms with Gasteiger partial charge in [-0.2, -0.15) is 0 Å². The molecule has 0 unspecified atom stereocenters. The van der Waals surface area contributed by atoms with Gasteiger partial charge in [-0.05, 0) is 92.3 Å². The molecule has 2 heteroatoms. The monoisotopic (exact) mass is 625 g/mol. The molecule has 0 N–H and O–H groups in total. The minimum Gasteiger partial charge on any atom is -0.455 e. The van der Waals surface area contributed by atoms with Crippen molar-refractivity contribution in [1.82, 2.24) is 0 Å². The van der Waals surface area contributed by atoms with Crippen LogP contribution in [0.15, 0.2) is 174 Å². The van der Waals surface area contributed by atoms with Crippen molar-refractivity contribution in [3.63, 3.8) is 0 Å². The number of aryl methyl sites for hydroxylation is 1. The average molecular weight is 626 g/mol. The molecule has 1 heterocycles. The van der Waals surface area contributed by atoms with Gasteiger partial charge in [0, 0.05) is 32.9 Å². The molecule has 0 amide bonds. The molecule has 230 valence electrons. The van der Waals surface area contributed by atoms with Gasteiger partial charge in [0.2, 0.25) is 0 Å². The summed E-state index contributed by atoms with van der Waals surface area (Å²) < 4.78 is 6.59. The predicted molar refractivity (Wildman–Crippen MR) is 209 cm³/mol. The van der Waals surface area contributed by atoms with Crippen LogP contribution in [0.4, 0.5) is 17.1 Å². The lowest BCUT2D eigenvalue weighted by atomic mass is 9.93. The summed E-state index contributed by atoms with van der Waals surface area (Å²) in [7, 11) is 0. The Morgan fingerprint density at radius 1 is 0.388 bits per heavy atom. The van der Waals surface area contributed by atoms with Crippen molar-refractivity contribution in [2.75, 3.05) is 4.90 Å². The van der Waals surface area contributed by atoms with Gasteiger partial charge >= 0.3 is 0 Å². The highest BCUT2D eigenvalue weighted by molar-refractivity contribution is 6.26. The smallest absolute Gasteiger partial charge is 0.143 e. The van der Waals surface area contributed by atoms with E-state index in [0.717, 1.165) is 44.4 Å². The fourth-order valence-electron chi connectivity index (χ4n) is 7.89. The van der Waals surface area contributed by atoms with Crippen molar-refractivity contribution in [1.29, 1.82) is 0 Å². The summed E-state index contributed by atoms with van der Waals surface area (Å²) in [5, 5.41) is 12.1. The van der Waals surface area contributed by atoms with E-state index in [0.29, 0.717) is 0 Å². The molecule has 10 aromatic rings. The zero-order chi connectivity index (χ0) is 32.5. The molecule has 10 rings (SSSR count). The predicted octanol–water partition coefficient (Wildman–Crippen LogP) is 13.6. The molecule has 0 spiro atoms. The fourth-order valence-corrected chi connectivity index (χ4v) is 7.89. The van der Waals surface area contributed by atoms with Crippen LogP contribution >= 0.6 is 0 Å². The van der Waals surface area contributed by atoms with E-state index in [-0.39, 0.29) is 0 Å². The first-order chi connectivity index (χ1) is 24.2. The van der Waals surface area contributed by atoms with Crippen molar-refractivity contribution in [3.05, 3.63) is 175 Å². The molecular formula is C47H31NO. The molecule has 0 atom stereocenters. The lowest BCUT2D eigenvalue weighted by molar-refractivity contribution is 0.672. The first-order valence-electron chi connectivity index (χ1n) is 16.9. The number of hydrogen-bond acceptors (Lipinski definition) is 2. The fraction of sp³-hybridized carbons (Fsp3) is 0.0213. The van der Waals surface area contributed by atoms with Gasteiger partial charge in [0.1, 0.15) is 11.2 Å². The summed E-state index contributed by atoms with van der Waals surface area (Å²) in [6.07, 6.45) is 0. The topological polar surface area (TPSA) is 16.4 Å². The zero-order valence-electron chi connectivity index (χ0n) is 27.0. The van der Waals surface area contributed by atoms with Gasteiger partial charge in [-0.25, -0.2) is 0 Å². The van der Waals surface area contributed by atoms with Gasteiger partial charge in [-0.15, -0.1) is 0 Å². The molecule has 0 aliphatic rings. The van der Waals surface area contributed by atoms with Gasteiger partial charge in [-0.3, -0.25) is 0 Å². The maximum atomic E-state index is 6.59. The van der Waals surface area contributed by atoms with Crippen LogP contribution in [0, 0.1) is 6.92 Å². The molecule has 0 aliphatic heterocycles. The average Bonchev–Trinajstić information content (AvgIpc) is 3.56. The Balaban J connectivity index is 1.29. The normalized spacial score (nSPS) is 11.8. The van der Waals surface area contributed by atoms with Crippen LogP contribution in [0.25, 0.3) is 76.2 Å². The highest BCUT2D eigenvalue weighted by Gasteiger charge is 2.22. The lowest BCUT2D eigenvalue weighted by Gasteiger charge is -2.28. The number of anilines is 3. The second-order valence-electron chi connectivity index (χ2n) is 12.9. The molecule has 0 aliphatic carbocycles. The Bertz CT molecular complexity index is 2850. The maximum Gasteiger partial charge on any atom is 0.143 e. The quantitative estimate of drug-likeness (QED) is 0.181. The van der Waals surface area contributed by atoms with Crippen LogP contribution in [0.3, 0.4) is 0 Å². The summed E-state index contributed by atoms with van der Waals surface area (Å²) in [5.74, 6) is 0. The Morgan fingerprint density at radius 3 is 1.63 bits per heavy atom. The summed E-state index contributed by atoms with van der Waals surface area (Å²) in [6, 6.07) is 61.4. The molecule has 9 aromatic carbocycles. The summed E-state index contributed by atoms with van der Waals surface area (Å²) in [6.45, 7) is 2.17. The van der Waals surface area contributed by atoms with E-state index < -0.39 is 0 Å². The van der Waals surface area contributed by atoms with E-state index in [4.69, 9.17) is 4.42 Å². The third-order valence-corrected chi connectivity index (χ3v) is 10.1. The number of nitrogens with zero attached hydrogens (tertiary/aromatic N) is 1. The van der Waals surface area contributed by atoms with Crippen LogP contribution in [0.2, 0.25) is 0 Å². The minimum absolute atomic E-state index is 0.917. The molecule has 0 radical (unpaired) electrons. The minimum atomic E-state index is 0.917. The molecule has 0 bridgehead atoms. The number of rotatable bonds is 4. The van der Waals surface area contributed by atoms with Crippen molar-refractivity contribution < 1.29 is 4.42 Å². The van der Waals surface area contributed by atoms with Gasteiger partial charge in [0.25, 0.3) is 0 Å². The van der Waals surface area contributed by atoms with Crippen molar-refractivity contribution >= 4 is 82.1 Å². The van der Waals surface area contributed by atoms with Crippen molar-refractivity contribution in [3.8, 4) is 11.1 Å². The number of fused-ring (bicyclic) bond motifs is 11. The maximum absolute atomic E-state index is 6.59. The summed E-state index contributed by atoms with van der Waals surface area (Å²) >= 11 is 0. The molecule has 0 saturated heterocycles. The van der Waals surface area contributed by atoms with Crippen LogP contribution in [-0.4, -0.2) is 0 Å². The third kappa shape index (κ3) is 4.28. The highest BCUT2D eigenvalue weighted by atomic mass is 16.3. The molecule has 0 saturated carbocycles. The Morgan fingerprint density at radius 2 is 0.939 bits per heavy atom. The number of hydrogen-bond donors (Lipinski definition) is 0. The molecule has 0 fully saturated rings. The second kappa shape index (κ2) is 10.8. The van der Waals surface area contributed by atoms with E-state index in [1.807, 2.05) is 0 Å². The Hall–Kier alpha value is -6.38. The molecule has 1 aromatic heterocycles.